The van der Waals surface area contributed by atoms with Crippen molar-refractivity contribution in [1.82, 2.24) is 4.98 Å². The van der Waals surface area contributed by atoms with Crippen molar-refractivity contribution in [3.8, 4) is 0 Å². The molecule has 1 aromatic heterocycles. The van der Waals surface area contributed by atoms with Gasteiger partial charge in [0.1, 0.15) is 0 Å². The molecule has 0 saturated carbocycles. The third kappa shape index (κ3) is 3.76. The van der Waals surface area contributed by atoms with Crippen LogP contribution in [0.5, 0.6) is 0 Å². The van der Waals surface area contributed by atoms with Gasteiger partial charge >= 0.3 is 0 Å². The van der Waals surface area contributed by atoms with Gasteiger partial charge in [-0.1, -0.05) is 32.1 Å². The molecule has 0 unspecified atom stereocenters. The molecule has 2 rings (SSSR count). The molecule has 120 valence electrons. The normalized spacial score (nSPS) is 21.6. The van der Waals surface area contributed by atoms with E-state index in [2.05, 4.69) is 53.4 Å². The number of rotatable bonds is 2. The molecule has 1 saturated heterocycles. The van der Waals surface area contributed by atoms with Crippen LogP contribution in [0.1, 0.15) is 59.0 Å². The summed E-state index contributed by atoms with van der Waals surface area (Å²) in [6.45, 7) is 16.6. The molecular formula is C16H28N2O2S. The standard InChI is InChI=1S/C16H28N2O2S/c1-14(2,3)12-11(8-19)21-13(17-12)18-9-15(4,5)20-16(6,7)10-18/h19H,8-10H2,1-7H3. The van der Waals surface area contributed by atoms with Crippen molar-refractivity contribution in [1.29, 1.82) is 0 Å². The van der Waals surface area contributed by atoms with Crippen molar-refractivity contribution < 1.29 is 9.84 Å². The first kappa shape index (κ1) is 16.7. The zero-order valence-corrected chi connectivity index (χ0v) is 15.1. The molecule has 5 heteroatoms. The summed E-state index contributed by atoms with van der Waals surface area (Å²) < 4.78 is 6.13. The Bertz CT molecular complexity index is 499. The summed E-state index contributed by atoms with van der Waals surface area (Å²) in [5.74, 6) is 0. The molecule has 1 N–H and O–H groups in total. The third-order valence-corrected chi connectivity index (χ3v) is 4.61. The van der Waals surface area contributed by atoms with E-state index in [0.29, 0.717) is 0 Å². The van der Waals surface area contributed by atoms with Crippen molar-refractivity contribution in [3.05, 3.63) is 10.6 Å². The number of hydrogen-bond acceptors (Lipinski definition) is 5. The fraction of sp³-hybridized carbons (Fsp3) is 0.812. The van der Waals surface area contributed by atoms with Crippen LogP contribution in [-0.4, -0.2) is 34.4 Å². The maximum Gasteiger partial charge on any atom is 0.186 e. The first-order chi connectivity index (χ1) is 9.43. The highest BCUT2D eigenvalue weighted by atomic mass is 32.1. The van der Waals surface area contributed by atoms with Gasteiger partial charge in [0.25, 0.3) is 0 Å². The van der Waals surface area contributed by atoms with E-state index in [9.17, 15) is 5.11 Å². The Balaban J connectivity index is 2.36. The lowest BCUT2D eigenvalue weighted by Crippen LogP contribution is -2.57. The number of aromatic nitrogens is 1. The van der Waals surface area contributed by atoms with Crippen LogP contribution in [-0.2, 0) is 16.8 Å². The largest absolute Gasteiger partial charge is 0.391 e. The van der Waals surface area contributed by atoms with E-state index in [1.165, 1.54) is 0 Å². The summed E-state index contributed by atoms with van der Waals surface area (Å²) in [4.78, 5) is 8.10. The van der Waals surface area contributed by atoms with Crippen LogP contribution in [0.3, 0.4) is 0 Å². The first-order valence-electron chi connectivity index (χ1n) is 7.50. The number of thiazole rings is 1. The molecule has 0 aliphatic carbocycles. The quantitative estimate of drug-likeness (QED) is 0.910. The topological polar surface area (TPSA) is 45.6 Å². The van der Waals surface area contributed by atoms with E-state index in [0.717, 1.165) is 28.8 Å². The molecule has 0 bridgehead atoms. The van der Waals surface area contributed by atoms with Crippen molar-refractivity contribution in [2.45, 2.75) is 71.7 Å². The van der Waals surface area contributed by atoms with Crippen molar-refractivity contribution in [2.24, 2.45) is 0 Å². The van der Waals surface area contributed by atoms with Gasteiger partial charge in [0, 0.05) is 18.5 Å². The van der Waals surface area contributed by atoms with Crippen molar-refractivity contribution >= 4 is 16.5 Å². The number of nitrogens with zero attached hydrogens (tertiary/aromatic N) is 2. The van der Waals surface area contributed by atoms with Gasteiger partial charge in [0.15, 0.2) is 5.13 Å². The molecule has 0 amide bonds. The molecule has 2 heterocycles. The van der Waals surface area contributed by atoms with E-state index in [-0.39, 0.29) is 23.2 Å². The Morgan fingerprint density at radius 1 is 1.19 bits per heavy atom. The average molecular weight is 312 g/mol. The number of aliphatic hydroxyl groups is 1. The molecule has 0 atom stereocenters. The minimum Gasteiger partial charge on any atom is -0.391 e. The Hall–Kier alpha value is -0.650. The average Bonchev–Trinajstić information content (AvgIpc) is 2.67. The summed E-state index contributed by atoms with van der Waals surface area (Å²) in [6.07, 6.45) is 0. The molecule has 4 nitrogen and oxygen atoms in total. The van der Waals surface area contributed by atoms with Crippen LogP contribution in [0.2, 0.25) is 0 Å². The van der Waals surface area contributed by atoms with Gasteiger partial charge in [-0.15, -0.1) is 0 Å². The Labute approximate surface area is 132 Å². The molecule has 1 aliphatic rings. The number of anilines is 1. The number of ether oxygens (including phenoxy) is 1. The van der Waals surface area contributed by atoms with Gasteiger partial charge < -0.3 is 14.7 Å². The Morgan fingerprint density at radius 2 is 1.71 bits per heavy atom. The van der Waals surface area contributed by atoms with Crippen molar-refractivity contribution in [3.63, 3.8) is 0 Å². The van der Waals surface area contributed by atoms with Crippen LogP contribution >= 0.6 is 11.3 Å². The molecule has 0 spiro atoms. The lowest BCUT2D eigenvalue weighted by Gasteiger charge is -2.47. The van der Waals surface area contributed by atoms with E-state index in [4.69, 9.17) is 9.72 Å². The van der Waals surface area contributed by atoms with Gasteiger partial charge in [0.05, 0.1) is 28.4 Å². The zero-order chi connectivity index (χ0) is 16.1. The molecule has 1 fully saturated rings. The summed E-state index contributed by atoms with van der Waals surface area (Å²) in [5.41, 5.74) is 0.556. The number of aliphatic hydroxyl groups excluding tert-OH is 1. The number of hydrogen-bond donors (Lipinski definition) is 1. The Morgan fingerprint density at radius 3 is 2.10 bits per heavy atom. The van der Waals surface area contributed by atoms with Crippen LogP contribution in [0, 0.1) is 0 Å². The van der Waals surface area contributed by atoms with E-state index < -0.39 is 0 Å². The second-order valence-electron chi connectivity index (χ2n) is 8.15. The minimum absolute atomic E-state index is 0.0515. The second kappa shape index (κ2) is 5.21. The lowest BCUT2D eigenvalue weighted by atomic mass is 9.91. The van der Waals surface area contributed by atoms with Crippen LogP contribution in [0.25, 0.3) is 0 Å². The predicted molar refractivity (Wildman–Crippen MR) is 88.2 cm³/mol. The molecule has 0 aromatic carbocycles. The highest BCUT2D eigenvalue weighted by molar-refractivity contribution is 7.15. The van der Waals surface area contributed by atoms with E-state index >= 15 is 0 Å². The smallest absolute Gasteiger partial charge is 0.186 e. The maximum atomic E-state index is 9.63. The summed E-state index contributed by atoms with van der Waals surface area (Å²) in [5, 5.41) is 10.6. The summed E-state index contributed by atoms with van der Waals surface area (Å²) in [7, 11) is 0. The van der Waals surface area contributed by atoms with Gasteiger partial charge in [-0.2, -0.15) is 0 Å². The maximum absolute atomic E-state index is 9.63. The molecular weight excluding hydrogens is 284 g/mol. The third-order valence-electron chi connectivity index (χ3n) is 3.51. The zero-order valence-electron chi connectivity index (χ0n) is 14.3. The van der Waals surface area contributed by atoms with Gasteiger partial charge in [-0.25, -0.2) is 4.98 Å². The van der Waals surface area contributed by atoms with Gasteiger partial charge in [-0.3, -0.25) is 0 Å². The van der Waals surface area contributed by atoms with Gasteiger partial charge in [0.2, 0.25) is 0 Å². The highest BCUT2D eigenvalue weighted by Crippen LogP contribution is 2.37. The fourth-order valence-electron chi connectivity index (χ4n) is 3.09. The minimum atomic E-state index is -0.200. The molecule has 1 aliphatic heterocycles. The molecule has 1 aromatic rings. The van der Waals surface area contributed by atoms with Crippen LogP contribution < -0.4 is 4.90 Å². The van der Waals surface area contributed by atoms with Crippen LogP contribution in [0.4, 0.5) is 5.13 Å². The Kier molecular flexibility index (Phi) is 4.15. The SMILES string of the molecule is CC1(C)CN(c2nc(C(C)(C)C)c(CO)s2)CC(C)(C)O1. The van der Waals surface area contributed by atoms with E-state index in [1.54, 1.807) is 11.3 Å². The monoisotopic (exact) mass is 312 g/mol. The summed E-state index contributed by atoms with van der Waals surface area (Å²) in [6, 6.07) is 0. The van der Waals surface area contributed by atoms with Gasteiger partial charge in [-0.05, 0) is 27.7 Å². The molecule has 0 radical (unpaired) electrons. The predicted octanol–water partition coefficient (Wildman–Crippen LogP) is 3.33. The lowest BCUT2D eigenvalue weighted by molar-refractivity contribution is -0.133. The van der Waals surface area contributed by atoms with Crippen LogP contribution in [0.15, 0.2) is 0 Å². The highest BCUT2D eigenvalue weighted by Gasteiger charge is 2.39. The fourth-order valence-corrected chi connectivity index (χ4v) is 4.22. The molecule has 21 heavy (non-hydrogen) atoms. The van der Waals surface area contributed by atoms with E-state index in [1.807, 2.05) is 0 Å². The summed E-state index contributed by atoms with van der Waals surface area (Å²) >= 11 is 1.60. The second-order valence-corrected chi connectivity index (χ2v) is 9.22. The number of morpholine rings is 1. The van der Waals surface area contributed by atoms with Crippen molar-refractivity contribution in [2.75, 3.05) is 18.0 Å². The first-order valence-corrected chi connectivity index (χ1v) is 8.31.